The third-order valence-electron chi connectivity index (χ3n) is 2.76. The Kier molecular flexibility index (Phi) is 4.01. The molecular formula is C12H13ClN4OS. The maximum Gasteiger partial charge on any atom is 0.251 e. The topological polar surface area (TPSA) is 62.7 Å². The maximum atomic E-state index is 12.0. The lowest BCUT2D eigenvalue weighted by Gasteiger charge is -2.13. The van der Waals surface area contributed by atoms with E-state index in [4.69, 9.17) is 23.8 Å². The molecule has 0 saturated heterocycles. The lowest BCUT2D eigenvalue weighted by Crippen LogP contribution is -2.28. The van der Waals surface area contributed by atoms with Crippen molar-refractivity contribution in [3.63, 3.8) is 0 Å². The molecule has 0 radical (unpaired) electrons. The van der Waals surface area contributed by atoms with Gasteiger partial charge in [0, 0.05) is 17.6 Å². The molecule has 0 aliphatic carbocycles. The summed E-state index contributed by atoms with van der Waals surface area (Å²) in [7, 11) is 1.80. The number of amides is 1. The fraction of sp³-hybridized carbons (Fsp3) is 0.250. The van der Waals surface area contributed by atoms with E-state index in [0.29, 0.717) is 21.2 Å². The van der Waals surface area contributed by atoms with Crippen molar-refractivity contribution in [1.29, 1.82) is 0 Å². The summed E-state index contributed by atoms with van der Waals surface area (Å²) < 4.78 is 2.24. The van der Waals surface area contributed by atoms with Gasteiger partial charge in [-0.25, -0.2) is 0 Å². The quantitative estimate of drug-likeness (QED) is 0.856. The minimum absolute atomic E-state index is 0.182. The molecule has 19 heavy (non-hydrogen) atoms. The van der Waals surface area contributed by atoms with Gasteiger partial charge in [-0.3, -0.25) is 9.89 Å². The molecule has 2 N–H and O–H groups in total. The predicted molar refractivity (Wildman–Crippen MR) is 75.7 cm³/mol. The zero-order chi connectivity index (χ0) is 14.0. The number of hydrogen-bond donors (Lipinski definition) is 2. The molecule has 1 amide bonds. The Bertz CT molecular complexity index is 646. The van der Waals surface area contributed by atoms with Gasteiger partial charge in [0.25, 0.3) is 5.91 Å². The van der Waals surface area contributed by atoms with Crippen molar-refractivity contribution in [1.82, 2.24) is 20.1 Å². The minimum Gasteiger partial charge on any atom is -0.342 e. The van der Waals surface area contributed by atoms with E-state index in [-0.39, 0.29) is 11.9 Å². The fourth-order valence-corrected chi connectivity index (χ4v) is 1.96. The molecule has 0 aliphatic rings. The number of benzene rings is 1. The van der Waals surface area contributed by atoms with E-state index in [1.54, 1.807) is 35.9 Å². The summed E-state index contributed by atoms with van der Waals surface area (Å²) in [5.41, 5.74) is 0.549. The van der Waals surface area contributed by atoms with Crippen LogP contribution in [-0.2, 0) is 7.05 Å². The molecule has 0 fully saturated rings. The first-order valence-electron chi connectivity index (χ1n) is 5.66. The average molecular weight is 297 g/mol. The van der Waals surface area contributed by atoms with Gasteiger partial charge in [-0.1, -0.05) is 11.6 Å². The number of carbonyl (C=O) groups excluding carboxylic acids is 1. The van der Waals surface area contributed by atoms with Gasteiger partial charge in [-0.05, 0) is 43.4 Å². The van der Waals surface area contributed by atoms with Crippen LogP contribution in [0.2, 0.25) is 5.02 Å². The maximum absolute atomic E-state index is 12.0. The van der Waals surface area contributed by atoms with Crippen molar-refractivity contribution < 1.29 is 4.79 Å². The van der Waals surface area contributed by atoms with E-state index in [2.05, 4.69) is 15.5 Å². The largest absolute Gasteiger partial charge is 0.342 e. The predicted octanol–water partition coefficient (Wildman–Crippen LogP) is 2.62. The lowest BCUT2D eigenvalue weighted by atomic mass is 10.2. The van der Waals surface area contributed by atoms with Gasteiger partial charge in [0.1, 0.15) is 0 Å². The molecule has 1 atom stereocenters. The first kappa shape index (κ1) is 13.8. The number of nitrogens with one attached hydrogen (secondary N) is 2. The summed E-state index contributed by atoms with van der Waals surface area (Å²) in [6, 6.07) is 6.45. The highest BCUT2D eigenvalue weighted by Gasteiger charge is 2.15. The van der Waals surface area contributed by atoms with Crippen molar-refractivity contribution in [2.24, 2.45) is 7.05 Å². The van der Waals surface area contributed by atoms with Crippen LogP contribution >= 0.6 is 23.8 Å². The smallest absolute Gasteiger partial charge is 0.251 e. The Morgan fingerprint density at radius 1 is 1.47 bits per heavy atom. The van der Waals surface area contributed by atoms with E-state index >= 15 is 0 Å². The number of carbonyl (C=O) groups is 1. The molecule has 2 aromatic rings. The summed E-state index contributed by atoms with van der Waals surface area (Å²) in [6.45, 7) is 1.85. The molecule has 5 nitrogen and oxygen atoms in total. The van der Waals surface area contributed by atoms with E-state index in [0.717, 1.165) is 0 Å². The highest BCUT2D eigenvalue weighted by atomic mass is 35.5. The second-order valence-corrected chi connectivity index (χ2v) is 4.97. The molecule has 1 heterocycles. The molecule has 0 aliphatic heterocycles. The highest BCUT2D eigenvalue weighted by molar-refractivity contribution is 7.71. The molecule has 1 aromatic carbocycles. The van der Waals surface area contributed by atoms with Crippen LogP contribution in [0.1, 0.15) is 29.1 Å². The van der Waals surface area contributed by atoms with Crippen LogP contribution in [0, 0.1) is 4.77 Å². The zero-order valence-electron chi connectivity index (χ0n) is 10.5. The Labute approximate surface area is 120 Å². The number of rotatable bonds is 3. The summed E-state index contributed by atoms with van der Waals surface area (Å²) in [5, 5.41) is 10.2. The van der Waals surface area contributed by atoms with Crippen LogP contribution in [0.15, 0.2) is 24.3 Å². The van der Waals surface area contributed by atoms with Gasteiger partial charge in [0.15, 0.2) is 10.6 Å². The highest BCUT2D eigenvalue weighted by Crippen LogP contribution is 2.12. The SMILES string of the molecule is CC(NC(=O)c1ccc(Cl)cc1)c1n[nH]c(=S)n1C. The average Bonchev–Trinajstić information content (AvgIpc) is 2.70. The molecule has 0 saturated carbocycles. The number of aromatic nitrogens is 3. The van der Waals surface area contributed by atoms with Gasteiger partial charge in [0.05, 0.1) is 6.04 Å². The number of aromatic amines is 1. The van der Waals surface area contributed by atoms with Gasteiger partial charge >= 0.3 is 0 Å². The number of hydrogen-bond acceptors (Lipinski definition) is 3. The Morgan fingerprint density at radius 3 is 2.63 bits per heavy atom. The van der Waals surface area contributed by atoms with Crippen LogP contribution in [-0.4, -0.2) is 20.7 Å². The van der Waals surface area contributed by atoms with Crippen molar-refractivity contribution in [3.8, 4) is 0 Å². The van der Waals surface area contributed by atoms with Crippen molar-refractivity contribution in [3.05, 3.63) is 45.4 Å². The monoisotopic (exact) mass is 296 g/mol. The van der Waals surface area contributed by atoms with Crippen LogP contribution in [0.25, 0.3) is 0 Å². The number of H-pyrrole nitrogens is 1. The van der Waals surface area contributed by atoms with Crippen LogP contribution < -0.4 is 5.32 Å². The third kappa shape index (κ3) is 3.02. The van der Waals surface area contributed by atoms with E-state index in [1.807, 2.05) is 6.92 Å². The molecule has 0 bridgehead atoms. The first-order chi connectivity index (χ1) is 8.99. The molecule has 7 heteroatoms. The van der Waals surface area contributed by atoms with Crippen LogP contribution in [0.4, 0.5) is 0 Å². The van der Waals surface area contributed by atoms with Gasteiger partial charge < -0.3 is 9.88 Å². The van der Waals surface area contributed by atoms with Crippen molar-refractivity contribution in [2.45, 2.75) is 13.0 Å². The Balaban J connectivity index is 2.13. The van der Waals surface area contributed by atoms with Gasteiger partial charge in [-0.15, -0.1) is 0 Å². The molecular weight excluding hydrogens is 284 g/mol. The third-order valence-corrected chi connectivity index (χ3v) is 3.37. The van der Waals surface area contributed by atoms with Crippen molar-refractivity contribution >= 4 is 29.7 Å². The molecule has 0 spiro atoms. The Morgan fingerprint density at radius 2 is 2.11 bits per heavy atom. The van der Waals surface area contributed by atoms with E-state index in [9.17, 15) is 4.79 Å². The Hall–Kier alpha value is -1.66. The fourth-order valence-electron chi connectivity index (χ4n) is 1.69. The molecule has 1 unspecified atom stereocenters. The molecule has 2 rings (SSSR count). The number of nitrogens with zero attached hydrogens (tertiary/aromatic N) is 2. The summed E-state index contributed by atoms with van der Waals surface area (Å²) in [4.78, 5) is 12.0. The van der Waals surface area contributed by atoms with Gasteiger partial charge in [0.2, 0.25) is 0 Å². The van der Waals surface area contributed by atoms with Crippen LogP contribution in [0.5, 0.6) is 0 Å². The lowest BCUT2D eigenvalue weighted by molar-refractivity contribution is 0.0938. The summed E-state index contributed by atoms with van der Waals surface area (Å²) in [6.07, 6.45) is 0. The second kappa shape index (κ2) is 5.54. The minimum atomic E-state index is -0.249. The van der Waals surface area contributed by atoms with Gasteiger partial charge in [-0.2, -0.15) is 5.10 Å². The standard InChI is InChI=1S/C12H13ClN4OS/c1-7(10-15-16-12(19)17(10)2)14-11(18)8-3-5-9(13)6-4-8/h3-7H,1-2H3,(H,14,18)(H,16,19). The summed E-state index contributed by atoms with van der Waals surface area (Å²) >= 11 is 10.8. The van der Waals surface area contributed by atoms with Crippen LogP contribution in [0.3, 0.4) is 0 Å². The van der Waals surface area contributed by atoms with Crippen molar-refractivity contribution in [2.75, 3.05) is 0 Å². The number of halogens is 1. The summed E-state index contributed by atoms with van der Waals surface area (Å²) in [5.74, 6) is 0.491. The molecule has 100 valence electrons. The van der Waals surface area contributed by atoms with E-state index in [1.165, 1.54) is 0 Å². The normalized spacial score (nSPS) is 12.2. The second-order valence-electron chi connectivity index (χ2n) is 4.15. The first-order valence-corrected chi connectivity index (χ1v) is 6.45. The van der Waals surface area contributed by atoms with E-state index < -0.39 is 0 Å². The molecule has 1 aromatic heterocycles. The zero-order valence-corrected chi connectivity index (χ0v) is 12.0.